The van der Waals surface area contributed by atoms with E-state index in [9.17, 15) is 5.11 Å². The molecule has 1 aliphatic rings. The first-order valence-electron chi connectivity index (χ1n) is 6.74. The second kappa shape index (κ2) is 5.61. The molecule has 0 aromatic heterocycles. The Hall–Kier alpha value is -1.22. The highest BCUT2D eigenvalue weighted by Crippen LogP contribution is 2.32. The zero-order valence-corrected chi connectivity index (χ0v) is 11.5. The number of phenols is 1. The summed E-state index contributed by atoms with van der Waals surface area (Å²) in [4.78, 5) is 2.47. The summed E-state index contributed by atoms with van der Waals surface area (Å²) >= 11 is 0. The average Bonchev–Trinajstić information content (AvgIpc) is 2.36. The highest BCUT2D eigenvalue weighted by atomic mass is 16.5. The van der Waals surface area contributed by atoms with Crippen molar-refractivity contribution in [1.29, 1.82) is 0 Å². The molecule has 1 aliphatic heterocycles. The molecule has 0 bridgehead atoms. The standard InChI is InChI=1S/C15H23NO2/c1-11-6-4-7-12(2)16(11)10-13-8-5-9-14(18-3)15(13)17/h5,8-9,11-12,17H,4,6-7,10H2,1-3H3. The van der Waals surface area contributed by atoms with E-state index in [1.165, 1.54) is 19.3 Å². The molecule has 0 saturated carbocycles. The summed E-state index contributed by atoms with van der Waals surface area (Å²) in [5.74, 6) is 0.842. The molecule has 2 atom stereocenters. The lowest BCUT2D eigenvalue weighted by atomic mass is 9.96. The topological polar surface area (TPSA) is 32.7 Å². The van der Waals surface area contributed by atoms with Crippen LogP contribution in [0.5, 0.6) is 11.5 Å². The minimum absolute atomic E-state index is 0.282. The first-order chi connectivity index (χ1) is 8.63. The molecule has 1 aromatic carbocycles. The minimum atomic E-state index is 0.282. The van der Waals surface area contributed by atoms with Crippen LogP contribution in [0.25, 0.3) is 0 Å². The SMILES string of the molecule is COc1cccc(CN2C(C)CCCC2C)c1O. The fourth-order valence-electron chi connectivity index (χ4n) is 2.84. The molecule has 1 heterocycles. The number of para-hydroxylation sites is 1. The Morgan fingerprint density at radius 1 is 1.28 bits per heavy atom. The number of likely N-dealkylation sites (tertiary alicyclic amines) is 1. The summed E-state index contributed by atoms with van der Waals surface area (Å²) in [6.07, 6.45) is 3.80. The van der Waals surface area contributed by atoms with Gasteiger partial charge in [0.05, 0.1) is 7.11 Å². The number of nitrogens with zero attached hydrogens (tertiary/aromatic N) is 1. The molecule has 2 unspecified atom stereocenters. The lowest BCUT2D eigenvalue weighted by molar-refractivity contribution is 0.0942. The molecule has 0 radical (unpaired) electrons. The zero-order valence-electron chi connectivity index (χ0n) is 11.5. The van der Waals surface area contributed by atoms with E-state index >= 15 is 0 Å². The second-order valence-electron chi connectivity index (χ2n) is 5.27. The third kappa shape index (κ3) is 2.61. The minimum Gasteiger partial charge on any atom is -0.504 e. The maximum absolute atomic E-state index is 10.1. The average molecular weight is 249 g/mol. The van der Waals surface area contributed by atoms with Gasteiger partial charge in [0.1, 0.15) is 0 Å². The van der Waals surface area contributed by atoms with E-state index in [-0.39, 0.29) is 5.75 Å². The first kappa shape index (κ1) is 13.2. The molecule has 1 aromatic rings. The van der Waals surface area contributed by atoms with Crippen molar-refractivity contribution < 1.29 is 9.84 Å². The predicted molar refractivity (Wildman–Crippen MR) is 73.0 cm³/mol. The number of ether oxygens (including phenoxy) is 1. The lowest BCUT2D eigenvalue weighted by Gasteiger charge is -2.39. The van der Waals surface area contributed by atoms with Crippen LogP contribution in [0.15, 0.2) is 18.2 Å². The van der Waals surface area contributed by atoms with Gasteiger partial charge in [0.15, 0.2) is 11.5 Å². The molecule has 1 saturated heterocycles. The van der Waals surface area contributed by atoms with Crippen molar-refractivity contribution in [3.63, 3.8) is 0 Å². The van der Waals surface area contributed by atoms with Gasteiger partial charge in [0.2, 0.25) is 0 Å². The number of methoxy groups -OCH3 is 1. The van der Waals surface area contributed by atoms with Crippen LogP contribution in [0.1, 0.15) is 38.7 Å². The Morgan fingerprint density at radius 3 is 2.56 bits per heavy atom. The van der Waals surface area contributed by atoms with E-state index in [0.29, 0.717) is 17.8 Å². The third-order valence-corrected chi connectivity index (χ3v) is 4.03. The second-order valence-corrected chi connectivity index (χ2v) is 5.27. The van der Waals surface area contributed by atoms with Gasteiger partial charge in [-0.05, 0) is 32.8 Å². The van der Waals surface area contributed by atoms with Crippen LogP contribution >= 0.6 is 0 Å². The summed E-state index contributed by atoms with van der Waals surface area (Å²) in [5, 5.41) is 10.1. The number of hydrogen-bond acceptors (Lipinski definition) is 3. The van der Waals surface area contributed by atoms with Gasteiger partial charge in [-0.15, -0.1) is 0 Å². The monoisotopic (exact) mass is 249 g/mol. The molecule has 0 aliphatic carbocycles. The maximum atomic E-state index is 10.1. The van der Waals surface area contributed by atoms with Crippen LogP contribution in [-0.2, 0) is 6.54 Å². The zero-order chi connectivity index (χ0) is 13.1. The van der Waals surface area contributed by atoms with Crippen LogP contribution in [0, 0.1) is 0 Å². The highest BCUT2D eigenvalue weighted by Gasteiger charge is 2.25. The Kier molecular flexibility index (Phi) is 4.12. The van der Waals surface area contributed by atoms with Crippen molar-refractivity contribution in [2.75, 3.05) is 7.11 Å². The molecule has 1 N–H and O–H groups in total. The van der Waals surface area contributed by atoms with E-state index in [0.717, 1.165) is 12.1 Å². The summed E-state index contributed by atoms with van der Waals surface area (Å²) in [5.41, 5.74) is 0.954. The fourth-order valence-corrected chi connectivity index (χ4v) is 2.84. The Labute approximate surface area is 109 Å². The first-order valence-corrected chi connectivity index (χ1v) is 6.74. The van der Waals surface area contributed by atoms with Crippen LogP contribution in [0.3, 0.4) is 0 Å². The van der Waals surface area contributed by atoms with Gasteiger partial charge in [-0.25, -0.2) is 0 Å². The van der Waals surface area contributed by atoms with Gasteiger partial charge < -0.3 is 9.84 Å². The summed E-state index contributed by atoms with van der Waals surface area (Å²) < 4.78 is 5.16. The predicted octanol–water partition coefficient (Wildman–Crippen LogP) is 3.16. The van der Waals surface area contributed by atoms with Crippen LogP contribution < -0.4 is 4.74 Å². The lowest BCUT2D eigenvalue weighted by Crippen LogP contribution is -2.42. The molecule has 3 heteroatoms. The van der Waals surface area contributed by atoms with Crippen LogP contribution in [0.4, 0.5) is 0 Å². The van der Waals surface area contributed by atoms with Gasteiger partial charge in [-0.1, -0.05) is 18.6 Å². The molecule has 18 heavy (non-hydrogen) atoms. The molecule has 100 valence electrons. The van der Waals surface area contributed by atoms with E-state index < -0.39 is 0 Å². The van der Waals surface area contributed by atoms with E-state index in [4.69, 9.17) is 4.74 Å². The van der Waals surface area contributed by atoms with Crippen molar-refractivity contribution in [3.05, 3.63) is 23.8 Å². The van der Waals surface area contributed by atoms with Gasteiger partial charge in [0, 0.05) is 24.2 Å². The van der Waals surface area contributed by atoms with Crippen molar-refractivity contribution in [1.82, 2.24) is 4.90 Å². The van der Waals surface area contributed by atoms with E-state index in [1.807, 2.05) is 12.1 Å². The number of aromatic hydroxyl groups is 1. The number of hydrogen-bond donors (Lipinski definition) is 1. The molecule has 3 nitrogen and oxygen atoms in total. The normalized spacial score (nSPS) is 25.1. The Balaban J connectivity index is 2.17. The Morgan fingerprint density at radius 2 is 1.94 bits per heavy atom. The van der Waals surface area contributed by atoms with E-state index in [1.54, 1.807) is 13.2 Å². The molecular weight excluding hydrogens is 226 g/mol. The van der Waals surface area contributed by atoms with E-state index in [2.05, 4.69) is 18.7 Å². The van der Waals surface area contributed by atoms with Crippen molar-refractivity contribution in [2.45, 2.75) is 51.7 Å². The van der Waals surface area contributed by atoms with Crippen molar-refractivity contribution in [2.24, 2.45) is 0 Å². The van der Waals surface area contributed by atoms with Gasteiger partial charge in [-0.2, -0.15) is 0 Å². The van der Waals surface area contributed by atoms with Gasteiger partial charge >= 0.3 is 0 Å². The fraction of sp³-hybridized carbons (Fsp3) is 0.600. The molecule has 0 amide bonds. The number of rotatable bonds is 3. The number of phenolic OH excluding ortho intramolecular Hbond substituents is 1. The Bertz CT molecular complexity index is 395. The van der Waals surface area contributed by atoms with Crippen LogP contribution in [-0.4, -0.2) is 29.2 Å². The molecule has 2 rings (SSSR count). The third-order valence-electron chi connectivity index (χ3n) is 4.03. The molecule has 0 spiro atoms. The summed E-state index contributed by atoms with van der Waals surface area (Å²) in [6, 6.07) is 6.87. The van der Waals surface area contributed by atoms with Gasteiger partial charge in [-0.3, -0.25) is 4.90 Å². The van der Waals surface area contributed by atoms with Gasteiger partial charge in [0.25, 0.3) is 0 Å². The number of benzene rings is 1. The summed E-state index contributed by atoms with van der Waals surface area (Å²) in [6.45, 7) is 5.34. The van der Waals surface area contributed by atoms with Crippen molar-refractivity contribution in [3.8, 4) is 11.5 Å². The highest BCUT2D eigenvalue weighted by molar-refractivity contribution is 5.45. The van der Waals surface area contributed by atoms with Crippen LogP contribution in [0.2, 0.25) is 0 Å². The number of piperidine rings is 1. The summed E-state index contributed by atoms with van der Waals surface area (Å²) in [7, 11) is 1.59. The smallest absolute Gasteiger partial charge is 0.162 e. The van der Waals surface area contributed by atoms with Crippen molar-refractivity contribution >= 4 is 0 Å². The largest absolute Gasteiger partial charge is 0.504 e. The quantitative estimate of drug-likeness (QED) is 0.893. The maximum Gasteiger partial charge on any atom is 0.162 e. The molecular formula is C15H23NO2. The molecule has 1 fully saturated rings.